The van der Waals surface area contributed by atoms with Gasteiger partial charge in [-0.15, -0.1) is 6.42 Å². The van der Waals surface area contributed by atoms with E-state index in [-0.39, 0.29) is 23.5 Å². The molecule has 0 heterocycles. The van der Waals surface area contributed by atoms with Gasteiger partial charge in [0.25, 0.3) is 5.91 Å². The van der Waals surface area contributed by atoms with Gasteiger partial charge >= 0.3 is 0 Å². The lowest BCUT2D eigenvalue weighted by Gasteiger charge is -2.18. The Hall–Kier alpha value is -2.21. The Balaban J connectivity index is 2.23. The van der Waals surface area contributed by atoms with Gasteiger partial charge in [-0.1, -0.05) is 27.9 Å². The van der Waals surface area contributed by atoms with E-state index < -0.39 is 21.7 Å². The molecule has 0 aromatic heterocycles. The fourth-order valence-electron chi connectivity index (χ4n) is 2.23. The maximum absolute atomic E-state index is 13.9. The predicted octanol–water partition coefficient (Wildman–Crippen LogP) is 2.77. The van der Waals surface area contributed by atoms with Crippen molar-refractivity contribution in [2.45, 2.75) is 11.4 Å². The van der Waals surface area contributed by atoms with Crippen molar-refractivity contribution in [1.29, 1.82) is 0 Å². The molecule has 0 spiro atoms. The van der Waals surface area contributed by atoms with Crippen LogP contribution < -0.4 is 4.72 Å². The van der Waals surface area contributed by atoms with E-state index in [1.54, 1.807) is 12.1 Å². The first-order valence-electron chi connectivity index (χ1n) is 7.47. The normalized spacial score (nSPS) is 11.0. The number of sulfonamides is 1. The lowest BCUT2D eigenvalue weighted by Crippen LogP contribution is -2.28. The molecule has 1 N–H and O–H groups in total. The van der Waals surface area contributed by atoms with Crippen molar-refractivity contribution in [3.63, 3.8) is 0 Å². The van der Waals surface area contributed by atoms with Crippen LogP contribution in [0.2, 0.25) is 0 Å². The molecule has 1 amide bonds. The highest BCUT2D eigenvalue weighted by Crippen LogP contribution is 2.18. The van der Waals surface area contributed by atoms with Crippen LogP contribution in [0.5, 0.6) is 0 Å². The number of rotatable bonds is 6. The minimum atomic E-state index is -3.80. The molecule has 0 bridgehead atoms. The molecule has 8 heteroatoms. The zero-order valence-electron chi connectivity index (χ0n) is 13.9. The summed E-state index contributed by atoms with van der Waals surface area (Å²) in [6, 6.07) is 10.0. The van der Waals surface area contributed by atoms with Gasteiger partial charge in [0.15, 0.2) is 0 Å². The topological polar surface area (TPSA) is 66.5 Å². The summed E-state index contributed by atoms with van der Waals surface area (Å²) in [6.07, 6.45) is 5.06. The van der Waals surface area contributed by atoms with Gasteiger partial charge < -0.3 is 4.90 Å². The number of halogens is 2. The van der Waals surface area contributed by atoms with Gasteiger partial charge in [0.05, 0.1) is 11.4 Å². The van der Waals surface area contributed by atoms with Crippen LogP contribution in [0, 0.1) is 18.2 Å². The van der Waals surface area contributed by atoms with E-state index in [0.29, 0.717) is 10.0 Å². The van der Waals surface area contributed by atoms with E-state index in [4.69, 9.17) is 6.42 Å². The van der Waals surface area contributed by atoms with Gasteiger partial charge in [0, 0.05) is 29.2 Å². The molecule has 5 nitrogen and oxygen atoms in total. The number of hydrogen-bond donors (Lipinski definition) is 1. The quantitative estimate of drug-likeness (QED) is 0.705. The summed E-state index contributed by atoms with van der Waals surface area (Å²) in [4.78, 5) is 13.8. The third-order valence-electron chi connectivity index (χ3n) is 3.52. The van der Waals surface area contributed by atoms with E-state index >= 15 is 0 Å². The van der Waals surface area contributed by atoms with Crippen LogP contribution in [0.4, 0.5) is 4.39 Å². The van der Waals surface area contributed by atoms with Crippen LogP contribution in [0.15, 0.2) is 51.8 Å². The summed E-state index contributed by atoms with van der Waals surface area (Å²) in [6.45, 7) is -0.112. The molecule has 0 saturated heterocycles. The van der Waals surface area contributed by atoms with Gasteiger partial charge in [-0.2, -0.15) is 4.72 Å². The molecular formula is C18H16BrFN2O3S. The summed E-state index contributed by atoms with van der Waals surface area (Å²) in [5.74, 6) is 1.32. The maximum Gasteiger partial charge on any atom is 0.253 e. The van der Waals surface area contributed by atoms with Crippen LogP contribution in [-0.4, -0.2) is 32.8 Å². The summed E-state index contributed by atoms with van der Waals surface area (Å²) < 4.78 is 41.0. The summed E-state index contributed by atoms with van der Waals surface area (Å²) in [5, 5.41) is 0. The first-order valence-corrected chi connectivity index (χ1v) is 9.75. The number of carbonyl (C=O) groups is 1. The minimum absolute atomic E-state index is 0.0381. The SMILES string of the molecule is C#CCNS(=O)(=O)c1cccc(C(=O)N(C)Cc2cc(Br)ccc2F)c1. The van der Waals surface area contributed by atoms with E-state index in [0.717, 1.165) is 0 Å². The number of nitrogens with zero attached hydrogens (tertiary/aromatic N) is 1. The largest absolute Gasteiger partial charge is 0.337 e. The molecule has 2 aromatic rings. The molecule has 0 saturated carbocycles. The lowest BCUT2D eigenvalue weighted by atomic mass is 10.1. The molecule has 0 aliphatic carbocycles. The van der Waals surface area contributed by atoms with Gasteiger partial charge in [-0.25, -0.2) is 12.8 Å². The number of amides is 1. The van der Waals surface area contributed by atoms with E-state index in [1.165, 1.54) is 42.3 Å². The summed E-state index contributed by atoms with van der Waals surface area (Å²) in [7, 11) is -2.29. The van der Waals surface area contributed by atoms with Crippen LogP contribution in [0.3, 0.4) is 0 Å². The second kappa shape index (κ2) is 8.45. The molecule has 2 aromatic carbocycles. The fraction of sp³-hybridized carbons (Fsp3) is 0.167. The Morgan fingerprint density at radius 2 is 2.04 bits per heavy atom. The maximum atomic E-state index is 13.9. The predicted molar refractivity (Wildman–Crippen MR) is 100 cm³/mol. The van der Waals surface area contributed by atoms with Crippen molar-refractivity contribution in [2.24, 2.45) is 0 Å². The van der Waals surface area contributed by atoms with E-state index in [1.807, 2.05) is 0 Å². The van der Waals surface area contributed by atoms with Crippen LogP contribution in [0.25, 0.3) is 0 Å². The first kappa shape index (κ1) is 20.1. The lowest BCUT2D eigenvalue weighted by molar-refractivity contribution is 0.0783. The zero-order valence-corrected chi connectivity index (χ0v) is 16.3. The Labute approximate surface area is 160 Å². The second-order valence-corrected chi connectivity index (χ2v) is 8.14. The number of hydrogen-bond acceptors (Lipinski definition) is 3. The van der Waals surface area contributed by atoms with Crippen molar-refractivity contribution >= 4 is 31.9 Å². The standard InChI is InChI=1S/C18H16BrFN2O3S/c1-3-9-21-26(24,25)16-6-4-5-13(11-16)18(23)22(2)12-14-10-15(19)7-8-17(14)20/h1,4-8,10-11,21H,9,12H2,2H3. The molecule has 0 atom stereocenters. The monoisotopic (exact) mass is 438 g/mol. The molecule has 136 valence electrons. The molecular weight excluding hydrogens is 423 g/mol. The second-order valence-electron chi connectivity index (χ2n) is 5.45. The highest BCUT2D eigenvalue weighted by Gasteiger charge is 2.18. The minimum Gasteiger partial charge on any atom is -0.337 e. The van der Waals surface area contributed by atoms with Gasteiger partial charge in [-0.05, 0) is 36.4 Å². The number of nitrogens with one attached hydrogen (secondary N) is 1. The highest BCUT2D eigenvalue weighted by atomic mass is 79.9. The number of carbonyl (C=O) groups excluding carboxylic acids is 1. The summed E-state index contributed by atoms with van der Waals surface area (Å²) in [5.41, 5.74) is 0.515. The number of terminal acetylenes is 1. The van der Waals surface area contributed by atoms with Gasteiger partial charge in [0.1, 0.15) is 5.82 Å². The van der Waals surface area contributed by atoms with Gasteiger partial charge in [-0.3, -0.25) is 4.79 Å². The Morgan fingerprint density at radius 3 is 2.73 bits per heavy atom. The van der Waals surface area contributed by atoms with E-state index in [2.05, 4.69) is 26.6 Å². The average molecular weight is 439 g/mol. The van der Waals surface area contributed by atoms with Crippen molar-refractivity contribution in [3.05, 3.63) is 63.9 Å². The zero-order chi connectivity index (χ0) is 19.3. The highest BCUT2D eigenvalue weighted by molar-refractivity contribution is 9.10. The molecule has 2 rings (SSSR count). The van der Waals surface area contributed by atoms with Crippen LogP contribution >= 0.6 is 15.9 Å². The van der Waals surface area contributed by atoms with Crippen molar-refractivity contribution in [2.75, 3.05) is 13.6 Å². The average Bonchev–Trinajstić information content (AvgIpc) is 2.62. The fourth-order valence-corrected chi connectivity index (χ4v) is 3.62. The van der Waals surface area contributed by atoms with Crippen molar-refractivity contribution < 1.29 is 17.6 Å². The van der Waals surface area contributed by atoms with Gasteiger partial charge in [0.2, 0.25) is 10.0 Å². The molecule has 0 aliphatic rings. The molecule has 0 aliphatic heterocycles. The molecule has 26 heavy (non-hydrogen) atoms. The number of benzene rings is 2. The Kier molecular flexibility index (Phi) is 6.53. The van der Waals surface area contributed by atoms with Crippen molar-refractivity contribution in [1.82, 2.24) is 9.62 Å². The Bertz CT molecular complexity index is 971. The van der Waals surface area contributed by atoms with Crippen LogP contribution in [-0.2, 0) is 16.6 Å². The first-order chi connectivity index (χ1) is 12.2. The van der Waals surface area contributed by atoms with Crippen LogP contribution in [0.1, 0.15) is 15.9 Å². The van der Waals surface area contributed by atoms with E-state index in [9.17, 15) is 17.6 Å². The molecule has 0 radical (unpaired) electrons. The molecule has 0 fully saturated rings. The third-order valence-corrected chi connectivity index (χ3v) is 5.41. The molecule has 0 unspecified atom stereocenters. The summed E-state index contributed by atoms with van der Waals surface area (Å²) >= 11 is 3.26. The Morgan fingerprint density at radius 1 is 1.31 bits per heavy atom. The smallest absolute Gasteiger partial charge is 0.253 e. The third kappa shape index (κ3) is 4.91. The van der Waals surface area contributed by atoms with Crippen molar-refractivity contribution in [3.8, 4) is 12.3 Å².